The predicted octanol–water partition coefficient (Wildman–Crippen LogP) is 0.250. The molecule has 0 atom stereocenters. The largest absolute Gasteiger partial charge is 0.875 e. The van der Waals surface area contributed by atoms with Gasteiger partial charge in [0, 0.05) is 6.54 Å². The highest BCUT2D eigenvalue weighted by Crippen LogP contribution is 1.82. The summed E-state index contributed by atoms with van der Waals surface area (Å²) in [5.41, 5.74) is 0. The lowest BCUT2D eigenvalue weighted by Crippen LogP contribution is -2.22. The monoisotopic (exact) mass is 128 g/mol. The van der Waals surface area contributed by atoms with Gasteiger partial charge in [-0.3, -0.25) is 0 Å². The van der Waals surface area contributed by atoms with Gasteiger partial charge in [-0.05, 0) is 13.0 Å². The Balaban J connectivity index is 2.83. The summed E-state index contributed by atoms with van der Waals surface area (Å²) in [5, 5.41) is 13.2. The molecule has 0 fully saturated rings. The smallest absolute Gasteiger partial charge is 0.00581 e. The van der Waals surface area contributed by atoms with Crippen LogP contribution in [-0.4, -0.2) is 13.1 Å². The van der Waals surface area contributed by atoms with E-state index < -0.39 is 0 Å². The minimum Gasteiger partial charge on any atom is -0.875 e. The normalized spacial score (nSPS) is 9.44. The van der Waals surface area contributed by atoms with Crippen molar-refractivity contribution in [2.45, 2.75) is 19.8 Å². The minimum atomic E-state index is -0.0360. The lowest BCUT2D eigenvalue weighted by Gasteiger charge is -2.09. The molecule has 0 radical (unpaired) electrons. The number of rotatable bonds is 5. The van der Waals surface area contributed by atoms with Crippen molar-refractivity contribution in [2.75, 3.05) is 13.1 Å². The second-order valence-corrected chi connectivity index (χ2v) is 2.07. The van der Waals surface area contributed by atoms with E-state index in [0.29, 0.717) is 6.54 Å². The summed E-state index contributed by atoms with van der Waals surface area (Å²) in [4.78, 5) is 0. The summed E-state index contributed by atoms with van der Waals surface area (Å²) in [7, 11) is 0. The molecule has 0 spiro atoms. The van der Waals surface area contributed by atoms with Gasteiger partial charge in [-0.25, -0.2) is 0 Å². The molecule has 1 N–H and O–H groups in total. The van der Waals surface area contributed by atoms with Crippen LogP contribution in [-0.2, 0) is 0 Å². The zero-order chi connectivity index (χ0) is 7.11. The van der Waals surface area contributed by atoms with E-state index in [4.69, 9.17) is 0 Å². The van der Waals surface area contributed by atoms with E-state index in [1.54, 1.807) is 0 Å². The van der Waals surface area contributed by atoms with E-state index in [2.05, 4.69) is 18.8 Å². The van der Waals surface area contributed by atoms with Gasteiger partial charge in [0.05, 0.1) is 0 Å². The maximum Gasteiger partial charge on any atom is 0.00581 e. The van der Waals surface area contributed by atoms with Crippen LogP contribution < -0.4 is 10.4 Å². The highest BCUT2D eigenvalue weighted by molar-refractivity contribution is 4.78. The third kappa shape index (κ3) is 7.50. The van der Waals surface area contributed by atoms with Crippen LogP contribution in [0, 0.1) is 0 Å². The molecule has 0 aliphatic heterocycles. The van der Waals surface area contributed by atoms with Crippen LogP contribution in [0.25, 0.3) is 0 Å². The van der Waals surface area contributed by atoms with Gasteiger partial charge in [-0.15, -0.1) is 12.3 Å². The van der Waals surface area contributed by atoms with Crippen LogP contribution in [0.4, 0.5) is 0 Å². The van der Waals surface area contributed by atoms with Crippen molar-refractivity contribution in [1.29, 1.82) is 0 Å². The lowest BCUT2D eigenvalue weighted by atomic mass is 10.3. The molecule has 0 aromatic rings. The first-order valence-electron chi connectivity index (χ1n) is 3.33. The predicted molar refractivity (Wildman–Crippen MR) is 36.9 cm³/mol. The minimum absolute atomic E-state index is 0.0360. The quantitative estimate of drug-likeness (QED) is 0.425. The first kappa shape index (κ1) is 8.50. The van der Waals surface area contributed by atoms with Crippen LogP contribution in [0.3, 0.4) is 0 Å². The maximum atomic E-state index is 10.2. The number of hydrogen-bond donors (Lipinski definition) is 1. The van der Waals surface area contributed by atoms with E-state index in [9.17, 15) is 5.11 Å². The van der Waals surface area contributed by atoms with Crippen LogP contribution in [0.1, 0.15) is 19.8 Å². The third-order valence-corrected chi connectivity index (χ3v) is 1.03. The zero-order valence-corrected chi connectivity index (χ0v) is 5.94. The Bertz CT molecular complexity index is 81.0. The number of nitrogens with one attached hydrogen (secondary N) is 1. The molecule has 0 saturated carbocycles. The first-order chi connectivity index (χ1) is 4.27. The molecule has 2 nitrogen and oxygen atoms in total. The third-order valence-electron chi connectivity index (χ3n) is 1.03. The van der Waals surface area contributed by atoms with Gasteiger partial charge in [0.1, 0.15) is 0 Å². The number of hydrogen-bond acceptors (Lipinski definition) is 2. The number of unbranched alkanes of at least 4 members (excludes halogenated alkanes) is 1. The average Bonchev–Trinajstić information content (AvgIpc) is 1.80. The SMILES string of the molecule is C=C([O-])CNCCCC. The van der Waals surface area contributed by atoms with Gasteiger partial charge in [0.25, 0.3) is 0 Å². The van der Waals surface area contributed by atoms with Crippen molar-refractivity contribution >= 4 is 0 Å². The van der Waals surface area contributed by atoms with E-state index in [-0.39, 0.29) is 5.76 Å². The molecule has 9 heavy (non-hydrogen) atoms. The van der Waals surface area contributed by atoms with Gasteiger partial charge >= 0.3 is 0 Å². The molecule has 0 rings (SSSR count). The van der Waals surface area contributed by atoms with E-state index >= 15 is 0 Å². The second kappa shape index (κ2) is 5.63. The highest BCUT2D eigenvalue weighted by atomic mass is 16.3. The molecule has 0 saturated heterocycles. The Morgan fingerprint density at radius 3 is 2.78 bits per heavy atom. The molecule has 0 aliphatic carbocycles. The lowest BCUT2D eigenvalue weighted by molar-refractivity contribution is -0.303. The van der Waals surface area contributed by atoms with Gasteiger partial charge in [-0.2, -0.15) is 0 Å². The molecular weight excluding hydrogens is 114 g/mol. The summed E-state index contributed by atoms with van der Waals surface area (Å²) in [6.07, 6.45) is 2.30. The summed E-state index contributed by atoms with van der Waals surface area (Å²) < 4.78 is 0. The fraction of sp³-hybridized carbons (Fsp3) is 0.714. The molecule has 0 bridgehead atoms. The fourth-order valence-corrected chi connectivity index (χ4v) is 0.530. The van der Waals surface area contributed by atoms with Crippen LogP contribution in [0.5, 0.6) is 0 Å². The summed E-state index contributed by atoms with van der Waals surface area (Å²) in [6.45, 7) is 6.70. The molecular formula is C7H14NO-. The summed E-state index contributed by atoms with van der Waals surface area (Å²) in [6, 6.07) is 0. The molecule has 0 aromatic carbocycles. The van der Waals surface area contributed by atoms with Crippen LogP contribution >= 0.6 is 0 Å². The molecule has 2 heteroatoms. The molecule has 54 valence electrons. The molecule has 0 aliphatic rings. The van der Waals surface area contributed by atoms with Gasteiger partial charge in [0.15, 0.2) is 0 Å². The van der Waals surface area contributed by atoms with E-state index in [1.165, 1.54) is 6.42 Å². The molecule has 0 unspecified atom stereocenters. The van der Waals surface area contributed by atoms with Crippen molar-refractivity contribution in [3.05, 3.63) is 12.3 Å². The van der Waals surface area contributed by atoms with Gasteiger partial charge in [-0.1, -0.05) is 13.3 Å². The van der Waals surface area contributed by atoms with E-state index in [0.717, 1.165) is 13.0 Å². The fourth-order valence-electron chi connectivity index (χ4n) is 0.530. The Morgan fingerprint density at radius 1 is 1.67 bits per heavy atom. The van der Waals surface area contributed by atoms with Crippen molar-refractivity contribution in [3.8, 4) is 0 Å². The Labute approximate surface area is 56.6 Å². The summed E-state index contributed by atoms with van der Waals surface area (Å²) in [5.74, 6) is -0.0360. The van der Waals surface area contributed by atoms with Crippen molar-refractivity contribution < 1.29 is 5.11 Å². The second-order valence-electron chi connectivity index (χ2n) is 2.07. The van der Waals surface area contributed by atoms with Gasteiger partial charge < -0.3 is 10.4 Å². The first-order valence-corrected chi connectivity index (χ1v) is 3.33. The Hall–Kier alpha value is -0.500. The van der Waals surface area contributed by atoms with Crippen LogP contribution in [0.2, 0.25) is 0 Å². The Morgan fingerprint density at radius 2 is 2.33 bits per heavy atom. The average molecular weight is 128 g/mol. The topological polar surface area (TPSA) is 35.1 Å². The molecule has 0 heterocycles. The standard InChI is InChI=1S/C7H15NO/c1-3-4-5-8-6-7(2)9/h8-9H,2-6H2,1H3/p-1. The van der Waals surface area contributed by atoms with E-state index in [1.807, 2.05) is 0 Å². The summed E-state index contributed by atoms with van der Waals surface area (Å²) >= 11 is 0. The zero-order valence-electron chi connectivity index (χ0n) is 5.94. The van der Waals surface area contributed by atoms with Crippen molar-refractivity contribution in [3.63, 3.8) is 0 Å². The van der Waals surface area contributed by atoms with Crippen LogP contribution in [0.15, 0.2) is 12.3 Å². The Kier molecular flexibility index (Phi) is 5.32. The highest BCUT2D eigenvalue weighted by Gasteiger charge is 1.81. The van der Waals surface area contributed by atoms with Gasteiger partial charge in [0.2, 0.25) is 0 Å². The van der Waals surface area contributed by atoms with Crippen molar-refractivity contribution in [2.24, 2.45) is 0 Å². The van der Waals surface area contributed by atoms with Crippen molar-refractivity contribution in [1.82, 2.24) is 5.32 Å². The molecule has 0 aromatic heterocycles. The molecule has 0 amide bonds. The maximum absolute atomic E-state index is 10.2.